The molecule has 0 unspecified atom stereocenters. The number of carbonyl (C=O) groups is 1. The zero-order valence-electron chi connectivity index (χ0n) is 12.1. The summed E-state index contributed by atoms with van der Waals surface area (Å²) in [5.74, 6) is 0.393. The first-order chi connectivity index (χ1) is 10.2. The van der Waals surface area contributed by atoms with Gasteiger partial charge in [-0.2, -0.15) is 0 Å². The molecular formula is C15H19N3O2S. The van der Waals surface area contributed by atoms with Crippen LogP contribution in [0.25, 0.3) is 10.2 Å². The van der Waals surface area contributed by atoms with E-state index in [9.17, 15) is 9.59 Å². The number of hydrogen-bond donors (Lipinski definition) is 2. The molecule has 1 aliphatic rings. The zero-order valence-corrected chi connectivity index (χ0v) is 12.9. The summed E-state index contributed by atoms with van der Waals surface area (Å²) in [6, 6.07) is 2.18. The van der Waals surface area contributed by atoms with Gasteiger partial charge in [-0.15, -0.1) is 11.3 Å². The lowest BCUT2D eigenvalue weighted by molar-refractivity contribution is -0.121. The van der Waals surface area contributed by atoms with Crippen LogP contribution in [0.4, 0.5) is 0 Å². The first-order valence-electron chi connectivity index (χ1n) is 7.46. The van der Waals surface area contributed by atoms with Crippen molar-refractivity contribution in [3.05, 3.63) is 27.1 Å². The van der Waals surface area contributed by atoms with Gasteiger partial charge in [0.2, 0.25) is 5.91 Å². The zero-order chi connectivity index (χ0) is 14.8. The van der Waals surface area contributed by atoms with Crippen LogP contribution in [-0.2, 0) is 17.6 Å². The molecule has 2 aromatic heterocycles. The molecule has 0 bridgehead atoms. The second-order valence-electron chi connectivity index (χ2n) is 5.52. The Kier molecular flexibility index (Phi) is 4.05. The fraction of sp³-hybridized carbons (Fsp3) is 0.533. The van der Waals surface area contributed by atoms with Crippen molar-refractivity contribution in [1.82, 2.24) is 15.3 Å². The third kappa shape index (κ3) is 3.15. The largest absolute Gasteiger partial charge is 0.353 e. The molecule has 5 nitrogen and oxygen atoms in total. The van der Waals surface area contributed by atoms with Crippen LogP contribution in [0.2, 0.25) is 0 Å². The Morgan fingerprint density at radius 2 is 2.24 bits per heavy atom. The van der Waals surface area contributed by atoms with Gasteiger partial charge in [0.25, 0.3) is 5.56 Å². The van der Waals surface area contributed by atoms with Gasteiger partial charge in [-0.3, -0.25) is 9.59 Å². The van der Waals surface area contributed by atoms with E-state index in [0.29, 0.717) is 17.3 Å². The number of carbonyl (C=O) groups excluding carboxylic acids is 1. The van der Waals surface area contributed by atoms with E-state index in [-0.39, 0.29) is 17.9 Å². The topological polar surface area (TPSA) is 74.8 Å². The number of thiophene rings is 1. The lowest BCUT2D eigenvalue weighted by Crippen LogP contribution is -2.34. The number of fused-ring (bicyclic) bond motifs is 1. The second-order valence-corrected chi connectivity index (χ2v) is 6.64. The maximum absolute atomic E-state index is 12.0. The fourth-order valence-electron chi connectivity index (χ4n) is 2.78. The van der Waals surface area contributed by atoms with Gasteiger partial charge in [0.1, 0.15) is 10.7 Å². The minimum absolute atomic E-state index is 0.0586. The van der Waals surface area contributed by atoms with Gasteiger partial charge < -0.3 is 10.3 Å². The molecule has 0 aromatic carbocycles. The molecule has 1 saturated carbocycles. The third-order valence-electron chi connectivity index (χ3n) is 3.90. The van der Waals surface area contributed by atoms with Gasteiger partial charge in [-0.1, -0.05) is 19.8 Å². The Morgan fingerprint density at radius 1 is 1.48 bits per heavy atom. The van der Waals surface area contributed by atoms with E-state index < -0.39 is 0 Å². The standard InChI is InChI=1S/C15H19N3O2S/c1-2-10-7-11-14(20)17-12(18-15(11)21-10)8-13(19)16-9-5-3-4-6-9/h7,9H,2-6,8H2,1H3,(H,16,19)(H,17,18,20). The van der Waals surface area contributed by atoms with Crippen molar-refractivity contribution in [3.63, 3.8) is 0 Å². The highest BCUT2D eigenvalue weighted by molar-refractivity contribution is 7.18. The van der Waals surface area contributed by atoms with E-state index in [1.54, 1.807) is 0 Å². The smallest absolute Gasteiger partial charge is 0.259 e. The van der Waals surface area contributed by atoms with Crippen LogP contribution in [0, 0.1) is 0 Å². The van der Waals surface area contributed by atoms with E-state index in [2.05, 4.69) is 22.2 Å². The number of aryl methyl sites for hydroxylation is 1. The predicted molar refractivity (Wildman–Crippen MR) is 83.7 cm³/mol. The molecule has 2 N–H and O–H groups in total. The molecule has 0 atom stereocenters. The molecule has 0 spiro atoms. The SMILES string of the molecule is CCc1cc2c(=O)[nH]c(CC(=O)NC3CCCC3)nc2s1. The number of amides is 1. The van der Waals surface area contributed by atoms with Crippen LogP contribution < -0.4 is 10.9 Å². The summed E-state index contributed by atoms with van der Waals surface area (Å²) in [6.07, 6.45) is 5.50. The lowest BCUT2D eigenvalue weighted by Gasteiger charge is -2.11. The van der Waals surface area contributed by atoms with E-state index in [4.69, 9.17) is 0 Å². The predicted octanol–water partition coefficient (Wildman–Crippen LogP) is 2.15. The van der Waals surface area contributed by atoms with Crippen LogP contribution in [0.5, 0.6) is 0 Å². The van der Waals surface area contributed by atoms with Crippen LogP contribution in [-0.4, -0.2) is 21.9 Å². The number of rotatable bonds is 4. The van der Waals surface area contributed by atoms with Gasteiger partial charge in [-0.25, -0.2) is 4.98 Å². The molecule has 112 valence electrons. The Morgan fingerprint density at radius 3 is 2.95 bits per heavy atom. The van der Waals surface area contributed by atoms with E-state index in [0.717, 1.165) is 29.0 Å². The molecular weight excluding hydrogens is 286 g/mol. The summed E-state index contributed by atoms with van der Waals surface area (Å²) in [5.41, 5.74) is -0.153. The molecule has 2 aromatic rings. The molecule has 0 radical (unpaired) electrons. The highest BCUT2D eigenvalue weighted by Crippen LogP contribution is 2.21. The number of aromatic nitrogens is 2. The Bertz CT molecular complexity index is 713. The average Bonchev–Trinajstić information content (AvgIpc) is 3.07. The summed E-state index contributed by atoms with van der Waals surface area (Å²) in [4.78, 5) is 33.0. The van der Waals surface area contributed by atoms with Crippen molar-refractivity contribution in [2.45, 2.75) is 51.5 Å². The summed E-state index contributed by atoms with van der Waals surface area (Å²) >= 11 is 1.52. The van der Waals surface area contributed by atoms with Gasteiger partial charge in [0.15, 0.2) is 0 Å². The maximum Gasteiger partial charge on any atom is 0.259 e. The summed E-state index contributed by atoms with van der Waals surface area (Å²) in [5, 5.41) is 3.64. The minimum atomic E-state index is -0.153. The molecule has 1 fully saturated rings. The lowest BCUT2D eigenvalue weighted by atomic mass is 10.2. The Balaban J connectivity index is 1.77. The quantitative estimate of drug-likeness (QED) is 0.909. The van der Waals surface area contributed by atoms with Gasteiger partial charge in [-0.05, 0) is 25.3 Å². The molecule has 1 aliphatic carbocycles. The van der Waals surface area contributed by atoms with Gasteiger partial charge >= 0.3 is 0 Å². The van der Waals surface area contributed by atoms with E-state index in [1.165, 1.54) is 24.2 Å². The van der Waals surface area contributed by atoms with Crippen molar-refractivity contribution in [2.75, 3.05) is 0 Å². The first kappa shape index (κ1) is 14.3. The Hall–Kier alpha value is -1.69. The first-order valence-corrected chi connectivity index (χ1v) is 8.28. The highest BCUT2D eigenvalue weighted by atomic mass is 32.1. The van der Waals surface area contributed by atoms with Crippen LogP contribution in [0.1, 0.15) is 43.3 Å². The normalized spacial score (nSPS) is 15.7. The molecule has 2 heterocycles. The molecule has 1 amide bonds. The maximum atomic E-state index is 12.0. The Labute approximate surface area is 126 Å². The molecule has 21 heavy (non-hydrogen) atoms. The molecule has 0 aliphatic heterocycles. The average molecular weight is 305 g/mol. The second kappa shape index (κ2) is 5.97. The van der Waals surface area contributed by atoms with E-state index in [1.807, 2.05) is 6.07 Å². The van der Waals surface area contributed by atoms with Crippen LogP contribution in [0.15, 0.2) is 10.9 Å². The minimum Gasteiger partial charge on any atom is -0.353 e. The highest BCUT2D eigenvalue weighted by Gasteiger charge is 2.18. The summed E-state index contributed by atoms with van der Waals surface area (Å²) in [7, 11) is 0. The van der Waals surface area contributed by atoms with Gasteiger partial charge in [0, 0.05) is 10.9 Å². The number of nitrogens with zero attached hydrogens (tertiary/aromatic N) is 1. The summed E-state index contributed by atoms with van der Waals surface area (Å²) < 4.78 is 0. The number of aromatic amines is 1. The van der Waals surface area contributed by atoms with Crippen LogP contribution >= 0.6 is 11.3 Å². The number of H-pyrrole nitrogens is 1. The van der Waals surface area contributed by atoms with Gasteiger partial charge in [0.05, 0.1) is 11.8 Å². The molecule has 0 saturated heterocycles. The van der Waals surface area contributed by atoms with Crippen LogP contribution in [0.3, 0.4) is 0 Å². The summed E-state index contributed by atoms with van der Waals surface area (Å²) in [6.45, 7) is 2.05. The third-order valence-corrected chi connectivity index (χ3v) is 5.07. The fourth-order valence-corrected chi connectivity index (χ4v) is 3.77. The monoisotopic (exact) mass is 305 g/mol. The van der Waals surface area contributed by atoms with Crippen molar-refractivity contribution in [2.24, 2.45) is 0 Å². The van der Waals surface area contributed by atoms with Crippen molar-refractivity contribution >= 4 is 27.5 Å². The van der Waals surface area contributed by atoms with Crippen molar-refractivity contribution in [1.29, 1.82) is 0 Å². The molecule has 3 rings (SSSR count). The number of hydrogen-bond acceptors (Lipinski definition) is 4. The van der Waals surface area contributed by atoms with Crippen molar-refractivity contribution in [3.8, 4) is 0 Å². The number of nitrogens with one attached hydrogen (secondary N) is 2. The van der Waals surface area contributed by atoms with Crippen molar-refractivity contribution < 1.29 is 4.79 Å². The van der Waals surface area contributed by atoms with E-state index >= 15 is 0 Å². The molecule has 6 heteroatoms.